The van der Waals surface area contributed by atoms with Gasteiger partial charge in [0.1, 0.15) is 0 Å². The minimum Gasteiger partial charge on any atom is -0.385 e. The van der Waals surface area contributed by atoms with E-state index < -0.39 is 22.7 Å². The zero-order valence-electron chi connectivity index (χ0n) is 11.7. The molecule has 2 nitrogen and oxygen atoms in total. The third-order valence-corrected chi connectivity index (χ3v) is 5.79. The van der Waals surface area contributed by atoms with Gasteiger partial charge >= 0.3 is 0 Å². The Morgan fingerprint density at radius 2 is 2.15 bits per heavy atom. The molecule has 0 aliphatic heterocycles. The van der Waals surface area contributed by atoms with E-state index in [1.807, 2.05) is 0 Å². The highest BCUT2D eigenvalue weighted by molar-refractivity contribution is 5.29. The molecule has 4 unspecified atom stereocenters. The van der Waals surface area contributed by atoms with Gasteiger partial charge in [-0.15, -0.1) is 0 Å². The number of halogens is 2. The monoisotopic (exact) mass is 281 g/mol. The van der Waals surface area contributed by atoms with Crippen LogP contribution in [0.5, 0.6) is 0 Å². The van der Waals surface area contributed by atoms with Gasteiger partial charge in [0.05, 0.1) is 5.60 Å². The molecule has 2 fully saturated rings. The number of benzene rings is 1. The Hall–Kier alpha value is -1.00. The summed E-state index contributed by atoms with van der Waals surface area (Å²) in [6, 6.07) is 3.99. The summed E-state index contributed by atoms with van der Waals surface area (Å²) in [5, 5.41) is 11.1. The van der Waals surface area contributed by atoms with Crippen LogP contribution in [-0.4, -0.2) is 11.7 Å². The fourth-order valence-corrected chi connectivity index (χ4v) is 4.64. The Labute approximate surface area is 118 Å². The van der Waals surface area contributed by atoms with E-state index in [1.165, 1.54) is 12.1 Å². The van der Waals surface area contributed by atoms with Crippen LogP contribution in [0.1, 0.15) is 38.2 Å². The van der Waals surface area contributed by atoms with Crippen LogP contribution >= 0.6 is 0 Å². The Morgan fingerprint density at radius 1 is 1.40 bits per heavy atom. The summed E-state index contributed by atoms with van der Waals surface area (Å²) in [4.78, 5) is 0. The molecule has 1 aromatic carbocycles. The predicted molar refractivity (Wildman–Crippen MR) is 72.9 cm³/mol. The molecule has 0 radical (unpaired) electrons. The van der Waals surface area contributed by atoms with Crippen molar-refractivity contribution in [1.82, 2.24) is 0 Å². The Balaban J connectivity index is 2.08. The summed E-state index contributed by atoms with van der Waals surface area (Å²) in [6.45, 7) is 1.90. The van der Waals surface area contributed by atoms with Gasteiger partial charge in [0.15, 0.2) is 11.6 Å². The first-order chi connectivity index (χ1) is 9.42. The topological polar surface area (TPSA) is 46.2 Å². The lowest BCUT2D eigenvalue weighted by molar-refractivity contribution is -0.105. The number of hydrogen-bond acceptors (Lipinski definition) is 2. The molecule has 0 heterocycles. The van der Waals surface area contributed by atoms with Gasteiger partial charge in [-0.05, 0) is 44.1 Å². The predicted octanol–water partition coefficient (Wildman–Crippen LogP) is 2.94. The van der Waals surface area contributed by atoms with Crippen molar-refractivity contribution in [3.63, 3.8) is 0 Å². The molecule has 1 aromatic rings. The van der Waals surface area contributed by atoms with Crippen LogP contribution in [0.3, 0.4) is 0 Å². The van der Waals surface area contributed by atoms with Crippen molar-refractivity contribution in [2.75, 3.05) is 6.54 Å². The van der Waals surface area contributed by atoms with Gasteiger partial charge in [-0.2, -0.15) is 0 Å². The molecule has 4 atom stereocenters. The molecule has 2 bridgehead atoms. The molecule has 4 heteroatoms. The summed E-state index contributed by atoms with van der Waals surface area (Å²) in [7, 11) is 0. The molecule has 20 heavy (non-hydrogen) atoms. The van der Waals surface area contributed by atoms with Crippen LogP contribution in [0, 0.1) is 28.9 Å². The van der Waals surface area contributed by atoms with Crippen molar-refractivity contribution in [2.24, 2.45) is 23.0 Å². The third kappa shape index (κ3) is 1.67. The molecule has 0 saturated heterocycles. The van der Waals surface area contributed by atoms with Crippen LogP contribution in [0.25, 0.3) is 0 Å². The molecule has 3 rings (SSSR count). The minimum atomic E-state index is -1.44. The first-order valence-corrected chi connectivity index (χ1v) is 7.29. The first-order valence-electron chi connectivity index (χ1n) is 7.29. The summed E-state index contributed by atoms with van der Waals surface area (Å²) in [5.74, 6) is -1.01. The second-order valence-electron chi connectivity index (χ2n) is 6.61. The van der Waals surface area contributed by atoms with E-state index in [-0.39, 0.29) is 5.56 Å². The van der Waals surface area contributed by atoms with Crippen LogP contribution in [-0.2, 0) is 5.60 Å². The lowest BCUT2D eigenvalue weighted by atomic mass is 9.60. The van der Waals surface area contributed by atoms with Crippen molar-refractivity contribution >= 4 is 0 Å². The number of nitrogens with two attached hydrogens (primary N) is 1. The normalized spacial score (nSPS) is 35.2. The smallest absolute Gasteiger partial charge is 0.164 e. The van der Waals surface area contributed by atoms with Gasteiger partial charge < -0.3 is 10.8 Å². The Kier molecular flexibility index (Phi) is 3.14. The van der Waals surface area contributed by atoms with E-state index in [0.717, 1.165) is 31.7 Å². The standard InChI is InChI=1S/C16H21F2NO/c1-15(20,12-3-2-4-13(17)14(12)18)16(9-19)8-10-5-6-11(16)7-10/h2-4,10-11,20H,5-9,19H2,1H3. The van der Waals surface area contributed by atoms with Gasteiger partial charge in [0.25, 0.3) is 0 Å². The van der Waals surface area contributed by atoms with Crippen LogP contribution in [0.15, 0.2) is 18.2 Å². The molecule has 2 aliphatic rings. The van der Waals surface area contributed by atoms with E-state index in [4.69, 9.17) is 5.73 Å². The second-order valence-corrected chi connectivity index (χ2v) is 6.61. The zero-order valence-corrected chi connectivity index (χ0v) is 11.7. The average Bonchev–Trinajstić information content (AvgIpc) is 3.02. The SMILES string of the molecule is CC(O)(c1cccc(F)c1F)C1(CN)CC2CCC1C2. The highest BCUT2D eigenvalue weighted by atomic mass is 19.2. The summed E-state index contributed by atoms with van der Waals surface area (Å²) in [6.07, 6.45) is 4.03. The fraction of sp³-hybridized carbons (Fsp3) is 0.625. The highest BCUT2D eigenvalue weighted by Crippen LogP contribution is 2.62. The maximum Gasteiger partial charge on any atom is 0.164 e. The quantitative estimate of drug-likeness (QED) is 0.895. The van der Waals surface area contributed by atoms with Crippen LogP contribution in [0.2, 0.25) is 0 Å². The van der Waals surface area contributed by atoms with Crippen molar-refractivity contribution in [3.05, 3.63) is 35.4 Å². The zero-order chi connectivity index (χ0) is 14.5. The van der Waals surface area contributed by atoms with Gasteiger partial charge in [-0.25, -0.2) is 8.78 Å². The number of hydrogen-bond donors (Lipinski definition) is 2. The summed E-state index contributed by atoms with van der Waals surface area (Å²) in [5.41, 5.74) is 4.05. The maximum atomic E-state index is 14.1. The molecule has 0 spiro atoms. The number of fused-ring (bicyclic) bond motifs is 2. The number of rotatable bonds is 3. The third-order valence-electron chi connectivity index (χ3n) is 5.79. The average molecular weight is 281 g/mol. The lowest BCUT2D eigenvalue weighted by Crippen LogP contribution is -2.52. The van der Waals surface area contributed by atoms with Gasteiger partial charge in [-0.1, -0.05) is 18.6 Å². The van der Waals surface area contributed by atoms with Gasteiger partial charge in [-0.3, -0.25) is 0 Å². The van der Waals surface area contributed by atoms with Crippen LogP contribution < -0.4 is 5.73 Å². The second kappa shape index (κ2) is 4.50. The van der Waals surface area contributed by atoms with Crippen molar-refractivity contribution in [3.8, 4) is 0 Å². The first kappa shape index (κ1) is 14.0. The Morgan fingerprint density at radius 3 is 2.70 bits per heavy atom. The Bertz CT molecular complexity index is 531. The highest BCUT2D eigenvalue weighted by Gasteiger charge is 2.60. The van der Waals surface area contributed by atoms with E-state index in [2.05, 4.69) is 0 Å². The lowest BCUT2D eigenvalue weighted by Gasteiger charge is -2.48. The van der Waals surface area contributed by atoms with Gasteiger partial charge in [0.2, 0.25) is 0 Å². The minimum absolute atomic E-state index is 0.0375. The van der Waals surface area contributed by atoms with E-state index in [9.17, 15) is 13.9 Å². The van der Waals surface area contributed by atoms with E-state index in [0.29, 0.717) is 18.4 Å². The van der Waals surface area contributed by atoms with Crippen molar-refractivity contribution in [2.45, 2.75) is 38.2 Å². The molecule has 0 aromatic heterocycles. The summed E-state index contributed by atoms with van der Waals surface area (Å²) < 4.78 is 27.6. The number of aliphatic hydroxyl groups is 1. The van der Waals surface area contributed by atoms with E-state index in [1.54, 1.807) is 6.92 Å². The van der Waals surface area contributed by atoms with Gasteiger partial charge in [0, 0.05) is 17.5 Å². The van der Waals surface area contributed by atoms with E-state index >= 15 is 0 Å². The molecule has 110 valence electrons. The van der Waals surface area contributed by atoms with Crippen LogP contribution in [0.4, 0.5) is 8.78 Å². The molecule has 2 saturated carbocycles. The van der Waals surface area contributed by atoms with Crippen molar-refractivity contribution in [1.29, 1.82) is 0 Å². The molecule has 3 N–H and O–H groups in total. The largest absolute Gasteiger partial charge is 0.385 e. The van der Waals surface area contributed by atoms with Crippen molar-refractivity contribution < 1.29 is 13.9 Å². The molecular weight excluding hydrogens is 260 g/mol. The molecule has 0 amide bonds. The molecule has 2 aliphatic carbocycles. The maximum absolute atomic E-state index is 14.1. The fourth-order valence-electron chi connectivity index (χ4n) is 4.64. The molecular formula is C16H21F2NO. The summed E-state index contributed by atoms with van der Waals surface area (Å²) >= 11 is 0.